The van der Waals surface area contributed by atoms with Crippen LogP contribution in [0.15, 0.2) is 16.8 Å². The minimum atomic E-state index is -0.951. The van der Waals surface area contributed by atoms with Crippen molar-refractivity contribution < 1.29 is 19.4 Å². The number of hydrogen-bond donors (Lipinski definition) is 2. The van der Waals surface area contributed by atoms with Gasteiger partial charge in [0, 0.05) is 27.2 Å². The molecule has 0 radical (unpaired) electrons. The topological polar surface area (TPSA) is 78.9 Å². The number of carbonyl (C=O) groups excluding carboxylic acids is 1. The molecule has 0 aliphatic rings. The molecule has 0 bridgehead atoms. The number of hydrogen-bond acceptors (Lipinski definition) is 4. The van der Waals surface area contributed by atoms with E-state index < -0.39 is 12.1 Å². The number of nitrogens with one attached hydrogen (secondary N) is 1. The number of aliphatic carboxylic acids is 1. The van der Waals surface area contributed by atoms with E-state index in [1.54, 1.807) is 18.4 Å². The van der Waals surface area contributed by atoms with Gasteiger partial charge in [-0.05, 0) is 22.4 Å². The second-order valence-corrected chi connectivity index (χ2v) is 4.91. The first-order chi connectivity index (χ1) is 9.02. The van der Waals surface area contributed by atoms with Crippen molar-refractivity contribution in [3.05, 3.63) is 22.4 Å². The van der Waals surface area contributed by atoms with E-state index >= 15 is 0 Å². The number of urea groups is 1. The van der Waals surface area contributed by atoms with Gasteiger partial charge < -0.3 is 20.1 Å². The normalized spacial score (nSPS) is 11.9. The summed E-state index contributed by atoms with van der Waals surface area (Å²) in [6, 6.07) is 1.70. The summed E-state index contributed by atoms with van der Waals surface area (Å²) in [5.41, 5.74) is 1.07. The number of carboxylic acids is 1. The first-order valence-electron chi connectivity index (χ1n) is 5.77. The Balaban J connectivity index is 2.35. The van der Waals surface area contributed by atoms with Gasteiger partial charge in [0.05, 0.1) is 12.5 Å². The van der Waals surface area contributed by atoms with E-state index in [1.165, 1.54) is 12.0 Å². The first-order valence-corrected chi connectivity index (χ1v) is 6.71. The largest absolute Gasteiger partial charge is 0.481 e. The summed E-state index contributed by atoms with van der Waals surface area (Å²) >= 11 is 1.58. The Kier molecular flexibility index (Phi) is 6.31. The number of nitrogens with zero attached hydrogens (tertiary/aromatic N) is 1. The lowest BCUT2D eigenvalue weighted by Crippen LogP contribution is -2.41. The number of methoxy groups -OCH3 is 1. The highest BCUT2D eigenvalue weighted by Gasteiger charge is 2.15. The summed E-state index contributed by atoms with van der Waals surface area (Å²) in [7, 11) is 3.11. The van der Waals surface area contributed by atoms with Gasteiger partial charge in [-0.2, -0.15) is 11.3 Å². The first kappa shape index (κ1) is 15.5. The second-order valence-electron chi connectivity index (χ2n) is 4.13. The van der Waals surface area contributed by atoms with Gasteiger partial charge in [-0.25, -0.2) is 4.79 Å². The molecule has 2 N–H and O–H groups in total. The van der Waals surface area contributed by atoms with Crippen molar-refractivity contribution in [1.82, 2.24) is 10.2 Å². The van der Waals surface area contributed by atoms with Gasteiger partial charge in [0.25, 0.3) is 0 Å². The molecule has 0 spiro atoms. The molecule has 1 heterocycles. The van der Waals surface area contributed by atoms with Crippen LogP contribution in [0.2, 0.25) is 0 Å². The summed E-state index contributed by atoms with van der Waals surface area (Å²) in [5.74, 6) is -0.951. The molecule has 1 rings (SSSR count). The molecule has 106 valence electrons. The third-order valence-electron chi connectivity index (χ3n) is 2.56. The standard InChI is InChI=1S/C12H18N2O4S/c1-14(7-9-3-4-19-8-9)12(17)13-6-10(18-2)5-11(15)16/h3-4,8,10H,5-7H2,1-2H3,(H,13,17)(H,15,16). The summed E-state index contributed by atoms with van der Waals surface area (Å²) in [5, 5.41) is 15.2. The van der Waals surface area contributed by atoms with Crippen LogP contribution in [0.1, 0.15) is 12.0 Å². The maximum atomic E-state index is 11.8. The Morgan fingerprint density at radius 3 is 2.84 bits per heavy atom. The van der Waals surface area contributed by atoms with E-state index in [9.17, 15) is 9.59 Å². The quantitative estimate of drug-likeness (QED) is 0.793. The van der Waals surface area contributed by atoms with Gasteiger partial charge in [-0.1, -0.05) is 0 Å². The predicted molar refractivity (Wildman–Crippen MR) is 72.2 cm³/mol. The van der Waals surface area contributed by atoms with Gasteiger partial charge in [0.1, 0.15) is 0 Å². The zero-order chi connectivity index (χ0) is 14.3. The highest BCUT2D eigenvalue weighted by molar-refractivity contribution is 7.07. The molecule has 1 unspecified atom stereocenters. The highest BCUT2D eigenvalue weighted by atomic mass is 32.1. The molecular weight excluding hydrogens is 268 g/mol. The molecule has 1 atom stereocenters. The third kappa shape index (κ3) is 5.71. The van der Waals surface area contributed by atoms with Crippen LogP contribution in [0.3, 0.4) is 0 Å². The molecule has 19 heavy (non-hydrogen) atoms. The van der Waals surface area contributed by atoms with Gasteiger partial charge in [-0.3, -0.25) is 4.79 Å². The van der Waals surface area contributed by atoms with E-state index in [4.69, 9.17) is 9.84 Å². The molecule has 0 saturated heterocycles. The fourth-order valence-corrected chi connectivity index (χ4v) is 2.16. The monoisotopic (exact) mass is 286 g/mol. The van der Waals surface area contributed by atoms with Gasteiger partial charge in [-0.15, -0.1) is 0 Å². The van der Waals surface area contributed by atoms with Crippen LogP contribution in [0.25, 0.3) is 0 Å². The molecule has 7 heteroatoms. The minimum absolute atomic E-state index is 0.134. The number of rotatable bonds is 7. The SMILES string of the molecule is COC(CNC(=O)N(C)Cc1ccsc1)CC(=O)O. The summed E-state index contributed by atoms with van der Waals surface area (Å²) in [4.78, 5) is 23.9. The van der Waals surface area contributed by atoms with Crippen LogP contribution in [-0.4, -0.2) is 48.8 Å². The predicted octanol–water partition coefficient (Wildman–Crippen LogP) is 1.38. The van der Waals surface area contributed by atoms with Crippen molar-refractivity contribution in [1.29, 1.82) is 0 Å². The summed E-state index contributed by atoms with van der Waals surface area (Å²) in [6.45, 7) is 0.696. The Morgan fingerprint density at radius 2 is 2.32 bits per heavy atom. The number of carboxylic acid groups (broad SMARTS) is 1. The van der Waals surface area contributed by atoms with Crippen LogP contribution in [0.5, 0.6) is 0 Å². The van der Waals surface area contributed by atoms with Crippen molar-refractivity contribution in [3.8, 4) is 0 Å². The Morgan fingerprint density at radius 1 is 1.58 bits per heavy atom. The fourth-order valence-electron chi connectivity index (χ4n) is 1.50. The van der Waals surface area contributed by atoms with Gasteiger partial charge in [0.15, 0.2) is 0 Å². The number of carbonyl (C=O) groups is 2. The zero-order valence-electron chi connectivity index (χ0n) is 11.0. The second kappa shape index (κ2) is 7.75. The lowest BCUT2D eigenvalue weighted by molar-refractivity contribution is -0.139. The van der Waals surface area contributed by atoms with E-state index in [2.05, 4.69) is 5.32 Å². The van der Waals surface area contributed by atoms with Crippen molar-refractivity contribution in [2.45, 2.75) is 19.1 Å². The lowest BCUT2D eigenvalue weighted by Gasteiger charge is -2.19. The smallest absolute Gasteiger partial charge is 0.317 e. The van der Waals surface area contributed by atoms with E-state index in [0.717, 1.165) is 5.56 Å². The average Bonchev–Trinajstić information content (AvgIpc) is 2.86. The Bertz CT molecular complexity index is 408. The highest BCUT2D eigenvalue weighted by Crippen LogP contribution is 2.08. The maximum absolute atomic E-state index is 11.8. The minimum Gasteiger partial charge on any atom is -0.481 e. The van der Waals surface area contributed by atoms with Crippen LogP contribution in [-0.2, 0) is 16.1 Å². The van der Waals surface area contributed by atoms with Crippen molar-refractivity contribution >= 4 is 23.3 Å². The van der Waals surface area contributed by atoms with Crippen LogP contribution in [0, 0.1) is 0 Å². The van der Waals surface area contributed by atoms with E-state index in [-0.39, 0.29) is 19.0 Å². The molecule has 0 aliphatic heterocycles. The van der Waals surface area contributed by atoms with Crippen molar-refractivity contribution in [2.24, 2.45) is 0 Å². The molecule has 0 fully saturated rings. The molecule has 0 aromatic carbocycles. The molecule has 0 saturated carbocycles. The lowest BCUT2D eigenvalue weighted by atomic mass is 10.2. The fraction of sp³-hybridized carbons (Fsp3) is 0.500. The molecule has 2 amide bonds. The summed E-state index contributed by atoms with van der Waals surface area (Å²) < 4.78 is 4.98. The molecule has 1 aromatic heterocycles. The number of thiophene rings is 1. The van der Waals surface area contributed by atoms with E-state index in [1.807, 2.05) is 16.8 Å². The van der Waals surface area contributed by atoms with Crippen molar-refractivity contribution in [3.63, 3.8) is 0 Å². The Hall–Kier alpha value is -1.60. The number of ether oxygens (including phenoxy) is 1. The van der Waals surface area contributed by atoms with E-state index in [0.29, 0.717) is 6.54 Å². The number of amides is 2. The van der Waals surface area contributed by atoms with Crippen LogP contribution >= 0.6 is 11.3 Å². The third-order valence-corrected chi connectivity index (χ3v) is 3.30. The van der Waals surface area contributed by atoms with Gasteiger partial charge >= 0.3 is 12.0 Å². The van der Waals surface area contributed by atoms with Crippen LogP contribution in [0.4, 0.5) is 4.79 Å². The summed E-state index contributed by atoms with van der Waals surface area (Å²) in [6.07, 6.45) is -0.651. The van der Waals surface area contributed by atoms with Gasteiger partial charge in [0.2, 0.25) is 0 Å². The molecule has 0 aliphatic carbocycles. The molecule has 6 nitrogen and oxygen atoms in total. The Labute approximate surface area is 116 Å². The molecule has 1 aromatic rings. The van der Waals surface area contributed by atoms with Crippen molar-refractivity contribution in [2.75, 3.05) is 20.7 Å². The maximum Gasteiger partial charge on any atom is 0.317 e. The zero-order valence-corrected chi connectivity index (χ0v) is 11.8. The van der Waals surface area contributed by atoms with Crippen LogP contribution < -0.4 is 5.32 Å². The average molecular weight is 286 g/mol. The molecular formula is C12H18N2O4S.